The van der Waals surface area contributed by atoms with Gasteiger partial charge in [-0.25, -0.2) is 0 Å². The zero-order chi connectivity index (χ0) is 13.6. The van der Waals surface area contributed by atoms with Crippen LogP contribution in [0.15, 0.2) is 30.3 Å². The van der Waals surface area contributed by atoms with E-state index < -0.39 is 18.6 Å². The third-order valence-corrected chi connectivity index (χ3v) is 2.61. The zero-order valence-electron chi connectivity index (χ0n) is 10.4. The number of hydrogen-bond acceptors (Lipinski definition) is 2. The Morgan fingerprint density at radius 3 is 2.39 bits per heavy atom. The standard InChI is InChI=1S/C13H19F3N2/c1-10(8-13(14,15)16)18-9-12(17)7-11-5-3-2-4-6-11/h2-6,10,12,18H,7-9,17H2,1H3. The summed E-state index contributed by atoms with van der Waals surface area (Å²) in [5.41, 5.74) is 6.97. The normalized spacial score (nSPS) is 15.4. The van der Waals surface area contributed by atoms with Gasteiger partial charge in [0.2, 0.25) is 0 Å². The molecule has 0 spiro atoms. The molecule has 0 aliphatic rings. The van der Waals surface area contributed by atoms with Crippen molar-refractivity contribution in [2.45, 2.75) is 38.0 Å². The van der Waals surface area contributed by atoms with Crippen LogP contribution < -0.4 is 11.1 Å². The molecule has 2 atom stereocenters. The first-order valence-electron chi connectivity index (χ1n) is 5.96. The van der Waals surface area contributed by atoms with Crippen LogP contribution >= 0.6 is 0 Å². The highest BCUT2D eigenvalue weighted by Gasteiger charge is 2.29. The minimum absolute atomic E-state index is 0.178. The van der Waals surface area contributed by atoms with Gasteiger partial charge in [0.1, 0.15) is 0 Å². The van der Waals surface area contributed by atoms with Gasteiger partial charge >= 0.3 is 6.18 Å². The molecular weight excluding hydrogens is 241 g/mol. The van der Waals surface area contributed by atoms with Gasteiger partial charge in [-0.15, -0.1) is 0 Å². The molecule has 1 aromatic carbocycles. The second kappa shape index (κ2) is 6.75. The molecular formula is C13H19F3N2. The monoisotopic (exact) mass is 260 g/mol. The molecule has 0 heterocycles. The van der Waals surface area contributed by atoms with Crippen molar-refractivity contribution < 1.29 is 13.2 Å². The molecule has 102 valence electrons. The molecule has 3 N–H and O–H groups in total. The minimum Gasteiger partial charge on any atom is -0.326 e. The van der Waals surface area contributed by atoms with Gasteiger partial charge in [0.25, 0.3) is 0 Å². The molecule has 18 heavy (non-hydrogen) atoms. The van der Waals surface area contributed by atoms with Gasteiger partial charge in [-0.1, -0.05) is 30.3 Å². The van der Waals surface area contributed by atoms with E-state index in [0.717, 1.165) is 5.56 Å². The van der Waals surface area contributed by atoms with E-state index in [1.165, 1.54) is 6.92 Å². The lowest BCUT2D eigenvalue weighted by atomic mass is 10.1. The smallest absolute Gasteiger partial charge is 0.326 e. The highest BCUT2D eigenvalue weighted by molar-refractivity contribution is 5.15. The SMILES string of the molecule is CC(CC(F)(F)F)NCC(N)Cc1ccccc1. The molecule has 0 radical (unpaired) electrons. The first kappa shape index (κ1) is 15.0. The predicted octanol–water partition coefficient (Wildman–Crippen LogP) is 2.49. The van der Waals surface area contributed by atoms with E-state index in [0.29, 0.717) is 13.0 Å². The largest absolute Gasteiger partial charge is 0.390 e. The quantitative estimate of drug-likeness (QED) is 0.824. The van der Waals surface area contributed by atoms with Crippen LogP contribution in [0.1, 0.15) is 18.9 Å². The summed E-state index contributed by atoms with van der Waals surface area (Å²) in [6.07, 6.45) is -4.30. The van der Waals surface area contributed by atoms with Crippen LogP contribution in [0.25, 0.3) is 0 Å². The number of benzene rings is 1. The van der Waals surface area contributed by atoms with Crippen molar-refractivity contribution in [1.82, 2.24) is 5.32 Å². The summed E-state index contributed by atoms with van der Waals surface area (Å²) in [5, 5.41) is 2.81. The Kier molecular flexibility index (Phi) is 5.62. The fraction of sp³-hybridized carbons (Fsp3) is 0.538. The van der Waals surface area contributed by atoms with Crippen molar-refractivity contribution in [2.24, 2.45) is 5.73 Å². The zero-order valence-corrected chi connectivity index (χ0v) is 10.4. The summed E-state index contributed by atoms with van der Waals surface area (Å²) in [6.45, 7) is 1.90. The van der Waals surface area contributed by atoms with Gasteiger partial charge < -0.3 is 11.1 Å². The minimum atomic E-state index is -4.13. The third kappa shape index (κ3) is 6.61. The van der Waals surface area contributed by atoms with Crippen molar-refractivity contribution in [2.75, 3.05) is 6.54 Å². The summed E-state index contributed by atoms with van der Waals surface area (Å²) in [5.74, 6) is 0. The predicted molar refractivity (Wildman–Crippen MR) is 66.3 cm³/mol. The molecule has 0 bridgehead atoms. The van der Waals surface area contributed by atoms with E-state index in [2.05, 4.69) is 5.32 Å². The molecule has 0 amide bonds. The van der Waals surface area contributed by atoms with Gasteiger partial charge in [0, 0.05) is 18.6 Å². The summed E-state index contributed by atoms with van der Waals surface area (Å²) in [4.78, 5) is 0. The van der Waals surface area contributed by atoms with Crippen LogP contribution in [0.5, 0.6) is 0 Å². The molecule has 2 nitrogen and oxygen atoms in total. The maximum Gasteiger partial charge on any atom is 0.390 e. The van der Waals surface area contributed by atoms with Crippen LogP contribution in [0.2, 0.25) is 0 Å². The van der Waals surface area contributed by atoms with Crippen LogP contribution in [0.3, 0.4) is 0 Å². The van der Waals surface area contributed by atoms with E-state index in [9.17, 15) is 13.2 Å². The molecule has 1 rings (SSSR count). The topological polar surface area (TPSA) is 38.0 Å². The number of rotatable bonds is 6. The third-order valence-electron chi connectivity index (χ3n) is 2.61. The van der Waals surface area contributed by atoms with Gasteiger partial charge in [0.15, 0.2) is 0 Å². The van der Waals surface area contributed by atoms with Crippen molar-refractivity contribution in [3.63, 3.8) is 0 Å². The van der Waals surface area contributed by atoms with Crippen LogP contribution in [0, 0.1) is 0 Å². The Bertz CT molecular complexity index is 338. The first-order chi connectivity index (χ1) is 8.37. The lowest BCUT2D eigenvalue weighted by molar-refractivity contribution is -0.139. The van der Waals surface area contributed by atoms with Crippen LogP contribution in [-0.4, -0.2) is 24.8 Å². The van der Waals surface area contributed by atoms with Crippen molar-refractivity contribution in [1.29, 1.82) is 0 Å². The number of halogens is 3. The van der Waals surface area contributed by atoms with Gasteiger partial charge in [-0.2, -0.15) is 13.2 Å². The van der Waals surface area contributed by atoms with Gasteiger partial charge in [-0.3, -0.25) is 0 Å². The molecule has 2 unspecified atom stereocenters. The Morgan fingerprint density at radius 1 is 1.22 bits per heavy atom. The molecule has 0 saturated heterocycles. The number of nitrogens with one attached hydrogen (secondary N) is 1. The second-order valence-corrected chi connectivity index (χ2v) is 4.58. The van der Waals surface area contributed by atoms with E-state index in [4.69, 9.17) is 5.73 Å². The molecule has 0 aromatic heterocycles. The summed E-state index contributed by atoms with van der Waals surface area (Å²) < 4.78 is 36.3. The highest BCUT2D eigenvalue weighted by Crippen LogP contribution is 2.21. The maximum atomic E-state index is 12.1. The van der Waals surface area contributed by atoms with Crippen molar-refractivity contribution >= 4 is 0 Å². The van der Waals surface area contributed by atoms with Crippen LogP contribution in [-0.2, 0) is 6.42 Å². The number of alkyl halides is 3. The highest BCUT2D eigenvalue weighted by atomic mass is 19.4. The van der Waals surface area contributed by atoms with Gasteiger partial charge in [-0.05, 0) is 18.9 Å². The fourth-order valence-corrected chi connectivity index (χ4v) is 1.76. The van der Waals surface area contributed by atoms with Crippen molar-refractivity contribution in [3.8, 4) is 0 Å². The number of hydrogen-bond donors (Lipinski definition) is 2. The van der Waals surface area contributed by atoms with E-state index in [1.54, 1.807) is 0 Å². The van der Waals surface area contributed by atoms with Crippen molar-refractivity contribution in [3.05, 3.63) is 35.9 Å². The Morgan fingerprint density at radius 2 is 1.83 bits per heavy atom. The Labute approximate surface area is 105 Å². The van der Waals surface area contributed by atoms with E-state index in [-0.39, 0.29) is 6.04 Å². The molecule has 0 aliphatic heterocycles. The average molecular weight is 260 g/mol. The maximum absolute atomic E-state index is 12.1. The fourth-order valence-electron chi connectivity index (χ4n) is 1.76. The van der Waals surface area contributed by atoms with Gasteiger partial charge in [0.05, 0.1) is 6.42 Å². The lowest BCUT2D eigenvalue weighted by Crippen LogP contribution is -2.41. The summed E-state index contributed by atoms with van der Waals surface area (Å²) in [7, 11) is 0. The average Bonchev–Trinajstić information content (AvgIpc) is 2.25. The first-order valence-corrected chi connectivity index (χ1v) is 5.96. The Balaban J connectivity index is 2.27. The molecule has 1 aromatic rings. The molecule has 0 saturated carbocycles. The molecule has 5 heteroatoms. The molecule has 0 aliphatic carbocycles. The molecule has 0 fully saturated rings. The van der Waals surface area contributed by atoms with Crippen LogP contribution in [0.4, 0.5) is 13.2 Å². The second-order valence-electron chi connectivity index (χ2n) is 4.58. The summed E-state index contributed by atoms with van der Waals surface area (Å²) in [6, 6.07) is 8.88. The number of nitrogens with two attached hydrogens (primary N) is 1. The Hall–Kier alpha value is -1.07. The van der Waals surface area contributed by atoms with E-state index >= 15 is 0 Å². The van der Waals surface area contributed by atoms with E-state index in [1.807, 2.05) is 30.3 Å². The summed E-state index contributed by atoms with van der Waals surface area (Å²) >= 11 is 0. The lowest BCUT2D eigenvalue weighted by Gasteiger charge is -2.19.